The summed E-state index contributed by atoms with van der Waals surface area (Å²) in [7, 11) is 0. The standard InChI is InChI=1S/C24H30N4O6/c1-24(2,3)34-22(31)26-19(16-17-10-6-4-7-11-17)21(30)27-28(15-14-20(25)29)23(32)33-18-12-8-5-9-13-18/h4-13,19H,14-16H2,1-3H3,(H2,25,29)(H,26,31)(H,27,30)/t19-/m0/s1. The Hall–Kier alpha value is -4.08. The molecule has 182 valence electrons. The molecule has 10 heteroatoms. The molecule has 2 rings (SSSR count). The lowest BCUT2D eigenvalue weighted by Crippen LogP contribution is -2.56. The van der Waals surface area contributed by atoms with Gasteiger partial charge in [0, 0.05) is 12.8 Å². The van der Waals surface area contributed by atoms with Gasteiger partial charge >= 0.3 is 12.2 Å². The maximum absolute atomic E-state index is 13.1. The summed E-state index contributed by atoms with van der Waals surface area (Å²) in [6.07, 6.45) is -1.80. The zero-order chi connectivity index (χ0) is 25.1. The van der Waals surface area contributed by atoms with E-state index in [9.17, 15) is 19.2 Å². The topological polar surface area (TPSA) is 140 Å². The largest absolute Gasteiger partial charge is 0.444 e. The molecule has 2 aromatic carbocycles. The van der Waals surface area contributed by atoms with Crippen molar-refractivity contribution < 1.29 is 28.7 Å². The monoisotopic (exact) mass is 470 g/mol. The van der Waals surface area contributed by atoms with Crippen molar-refractivity contribution in [1.29, 1.82) is 0 Å². The van der Waals surface area contributed by atoms with Crippen LogP contribution in [0.4, 0.5) is 9.59 Å². The van der Waals surface area contributed by atoms with Gasteiger partial charge in [-0.3, -0.25) is 15.0 Å². The Bertz CT molecular complexity index is 976. The van der Waals surface area contributed by atoms with Crippen molar-refractivity contribution in [3.8, 4) is 5.75 Å². The minimum Gasteiger partial charge on any atom is -0.444 e. The lowest BCUT2D eigenvalue weighted by atomic mass is 10.1. The van der Waals surface area contributed by atoms with Gasteiger partial charge in [-0.05, 0) is 38.5 Å². The number of nitrogens with one attached hydrogen (secondary N) is 2. The van der Waals surface area contributed by atoms with Gasteiger partial charge in [0.1, 0.15) is 17.4 Å². The van der Waals surface area contributed by atoms with Gasteiger partial charge in [-0.25, -0.2) is 14.6 Å². The van der Waals surface area contributed by atoms with E-state index < -0.39 is 35.6 Å². The fourth-order valence-corrected chi connectivity index (χ4v) is 2.78. The molecule has 10 nitrogen and oxygen atoms in total. The molecule has 0 aliphatic heterocycles. The van der Waals surface area contributed by atoms with Gasteiger partial charge in [0.15, 0.2) is 0 Å². The Morgan fingerprint density at radius 2 is 1.56 bits per heavy atom. The SMILES string of the molecule is CC(C)(C)OC(=O)N[C@@H](Cc1ccccc1)C(=O)NN(CCC(N)=O)C(=O)Oc1ccccc1. The molecule has 0 aliphatic carbocycles. The van der Waals surface area contributed by atoms with E-state index in [0.29, 0.717) is 0 Å². The number of carbonyl (C=O) groups is 4. The van der Waals surface area contributed by atoms with E-state index in [1.807, 2.05) is 6.07 Å². The van der Waals surface area contributed by atoms with Crippen LogP contribution in [-0.2, 0) is 20.7 Å². The van der Waals surface area contributed by atoms with Crippen molar-refractivity contribution in [2.45, 2.75) is 45.3 Å². The van der Waals surface area contributed by atoms with Crippen LogP contribution < -0.4 is 21.2 Å². The normalized spacial score (nSPS) is 11.6. The van der Waals surface area contributed by atoms with Crippen molar-refractivity contribution in [2.75, 3.05) is 6.54 Å². The fourth-order valence-electron chi connectivity index (χ4n) is 2.78. The number of carbonyl (C=O) groups excluding carboxylic acids is 4. The number of hydrazine groups is 1. The molecule has 4 amide bonds. The van der Waals surface area contributed by atoms with Crippen LogP contribution in [0.2, 0.25) is 0 Å². The van der Waals surface area contributed by atoms with Gasteiger partial charge in [0.05, 0.1) is 6.54 Å². The highest BCUT2D eigenvalue weighted by molar-refractivity contribution is 5.87. The van der Waals surface area contributed by atoms with Gasteiger partial charge < -0.3 is 20.5 Å². The first-order valence-corrected chi connectivity index (χ1v) is 10.7. The second-order valence-electron chi connectivity index (χ2n) is 8.41. The molecule has 34 heavy (non-hydrogen) atoms. The number of nitrogens with two attached hydrogens (primary N) is 1. The minimum absolute atomic E-state index is 0.128. The zero-order valence-electron chi connectivity index (χ0n) is 19.4. The summed E-state index contributed by atoms with van der Waals surface area (Å²) in [4.78, 5) is 49.4. The zero-order valence-corrected chi connectivity index (χ0v) is 19.4. The summed E-state index contributed by atoms with van der Waals surface area (Å²) in [5, 5.41) is 3.38. The number of benzene rings is 2. The number of para-hydroxylation sites is 1. The van der Waals surface area contributed by atoms with Crippen LogP contribution >= 0.6 is 0 Å². The molecule has 0 bridgehead atoms. The first-order valence-electron chi connectivity index (χ1n) is 10.7. The summed E-state index contributed by atoms with van der Waals surface area (Å²) < 4.78 is 10.5. The average molecular weight is 471 g/mol. The molecular formula is C24H30N4O6. The van der Waals surface area contributed by atoms with E-state index in [1.165, 1.54) is 0 Å². The number of hydrogen-bond donors (Lipinski definition) is 3. The van der Waals surface area contributed by atoms with E-state index in [0.717, 1.165) is 10.6 Å². The Kier molecular flexibility index (Phi) is 9.42. The fraction of sp³-hybridized carbons (Fsp3) is 0.333. The van der Waals surface area contributed by atoms with Crippen molar-refractivity contribution >= 4 is 24.0 Å². The number of hydrogen-bond acceptors (Lipinski definition) is 6. The first-order chi connectivity index (χ1) is 16.0. The highest BCUT2D eigenvalue weighted by Crippen LogP contribution is 2.11. The van der Waals surface area contributed by atoms with Crippen LogP contribution in [0.5, 0.6) is 5.75 Å². The van der Waals surface area contributed by atoms with Crippen molar-refractivity contribution in [3.63, 3.8) is 0 Å². The summed E-state index contributed by atoms with van der Waals surface area (Å²) in [5.41, 5.74) is 7.63. The van der Waals surface area contributed by atoms with Gasteiger partial charge in [-0.1, -0.05) is 48.5 Å². The summed E-state index contributed by atoms with van der Waals surface area (Å²) in [6, 6.07) is 16.2. The van der Waals surface area contributed by atoms with Crippen LogP contribution in [0, 0.1) is 0 Å². The summed E-state index contributed by atoms with van der Waals surface area (Å²) >= 11 is 0. The Labute approximate surface area is 198 Å². The first kappa shape index (κ1) is 26.2. The minimum atomic E-state index is -1.09. The molecule has 0 aromatic heterocycles. The van der Waals surface area contributed by atoms with Crippen LogP contribution in [0.1, 0.15) is 32.8 Å². The van der Waals surface area contributed by atoms with E-state index in [2.05, 4.69) is 10.7 Å². The maximum atomic E-state index is 13.1. The predicted molar refractivity (Wildman–Crippen MR) is 124 cm³/mol. The molecule has 0 heterocycles. The lowest BCUT2D eigenvalue weighted by molar-refractivity contribution is -0.128. The molecule has 0 radical (unpaired) electrons. The smallest absolute Gasteiger partial charge is 0.434 e. The average Bonchev–Trinajstić information content (AvgIpc) is 2.76. The number of nitrogens with zero attached hydrogens (tertiary/aromatic N) is 1. The summed E-state index contributed by atoms with van der Waals surface area (Å²) in [5.74, 6) is -1.12. The molecule has 4 N–H and O–H groups in total. The third-order valence-electron chi connectivity index (χ3n) is 4.29. The van der Waals surface area contributed by atoms with Gasteiger partial charge in [-0.15, -0.1) is 0 Å². The number of primary amides is 1. The predicted octanol–water partition coefficient (Wildman–Crippen LogP) is 2.53. The highest BCUT2D eigenvalue weighted by Gasteiger charge is 2.28. The molecule has 0 fully saturated rings. The maximum Gasteiger partial charge on any atom is 0.434 e. The second kappa shape index (κ2) is 12.2. The van der Waals surface area contributed by atoms with E-state index >= 15 is 0 Å². The second-order valence-corrected chi connectivity index (χ2v) is 8.41. The van der Waals surface area contributed by atoms with Crippen LogP contribution in [-0.4, -0.2) is 47.2 Å². The number of amides is 4. The van der Waals surface area contributed by atoms with Gasteiger partial charge in [0.2, 0.25) is 5.91 Å². The van der Waals surface area contributed by atoms with E-state index in [4.69, 9.17) is 15.2 Å². The molecule has 0 saturated heterocycles. The van der Waals surface area contributed by atoms with E-state index in [1.54, 1.807) is 75.4 Å². The van der Waals surface area contributed by atoms with Crippen LogP contribution in [0.15, 0.2) is 60.7 Å². The molecule has 0 saturated carbocycles. The Morgan fingerprint density at radius 1 is 0.971 bits per heavy atom. The third kappa shape index (κ3) is 9.60. The number of alkyl carbamates (subject to hydrolysis) is 1. The van der Waals surface area contributed by atoms with Gasteiger partial charge in [0.25, 0.3) is 5.91 Å². The quantitative estimate of drug-likeness (QED) is 0.507. The Balaban J connectivity index is 2.18. The number of ether oxygens (including phenoxy) is 2. The van der Waals surface area contributed by atoms with E-state index in [-0.39, 0.29) is 25.1 Å². The molecule has 1 atom stereocenters. The van der Waals surface area contributed by atoms with Crippen molar-refractivity contribution in [1.82, 2.24) is 15.8 Å². The summed E-state index contributed by atoms with van der Waals surface area (Å²) in [6.45, 7) is 4.87. The van der Waals surface area contributed by atoms with Crippen molar-refractivity contribution in [2.24, 2.45) is 5.73 Å². The molecular weight excluding hydrogens is 440 g/mol. The van der Waals surface area contributed by atoms with Crippen molar-refractivity contribution in [3.05, 3.63) is 66.2 Å². The lowest BCUT2D eigenvalue weighted by Gasteiger charge is -2.27. The van der Waals surface area contributed by atoms with Crippen LogP contribution in [0.3, 0.4) is 0 Å². The third-order valence-corrected chi connectivity index (χ3v) is 4.29. The molecule has 2 aromatic rings. The van der Waals surface area contributed by atoms with Crippen LogP contribution in [0.25, 0.3) is 0 Å². The highest BCUT2D eigenvalue weighted by atomic mass is 16.6. The Morgan fingerprint density at radius 3 is 2.12 bits per heavy atom. The number of rotatable bonds is 8. The molecule has 0 aliphatic rings. The molecule has 0 unspecified atom stereocenters. The molecule has 0 spiro atoms. The van der Waals surface area contributed by atoms with Gasteiger partial charge in [-0.2, -0.15) is 0 Å².